The lowest BCUT2D eigenvalue weighted by Crippen LogP contribution is -2.40. The standard InChI is InChI=1S/C20H23ClN2O6S/c1-14(29-16-5-3-15(21)4-6-16)20(24)22-18-13-17(7-8-19(18)27-2)30(25,26)23-9-11-28-12-10-23/h3-8,13-14H,9-12H2,1-2H3,(H,22,24). The lowest BCUT2D eigenvalue weighted by molar-refractivity contribution is -0.122. The number of rotatable bonds is 7. The van der Waals surface area contributed by atoms with Crippen LogP contribution in [0.2, 0.25) is 5.02 Å². The molecule has 30 heavy (non-hydrogen) atoms. The zero-order valence-electron chi connectivity index (χ0n) is 16.6. The van der Waals surface area contributed by atoms with Crippen LogP contribution < -0.4 is 14.8 Å². The van der Waals surface area contributed by atoms with Gasteiger partial charge in [0.2, 0.25) is 10.0 Å². The fraction of sp³-hybridized carbons (Fsp3) is 0.350. The van der Waals surface area contributed by atoms with Gasteiger partial charge in [0, 0.05) is 18.1 Å². The molecule has 1 atom stereocenters. The second kappa shape index (κ2) is 9.65. The van der Waals surface area contributed by atoms with Crippen LogP contribution in [0.4, 0.5) is 5.69 Å². The first-order valence-corrected chi connectivity index (χ1v) is 11.1. The molecule has 3 rings (SSSR count). The van der Waals surface area contributed by atoms with E-state index in [1.165, 1.54) is 29.6 Å². The van der Waals surface area contributed by atoms with Gasteiger partial charge in [0.1, 0.15) is 11.5 Å². The predicted molar refractivity (Wildman–Crippen MR) is 113 cm³/mol. The number of ether oxygens (including phenoxy) is 3. The van der Waals surface area contributed by atoms with E-state index in [9.17, 15) is 13.2 Å². The molecule has 0 radical (unpaired) electrons. The molecule has 162 valence electrons. The van der Waals surface area contributed by atoms with Crippen molar-refractivity contribution < 1.29 is 27.4 Å². The van der Waals surface area contributed by atoms with Crippen molar-refractivity contribution in [3.05, 3.63) is 47.5 Å². The molecule has 1 saturated heterocycles. The highest BCUT2D eigenvalue weighted by molar-refractivity contribution is 7.89. The largest absolute Gasteiger partial charge is 0.495 e. The molecule has 0 bridgehead atoms. The number of hydrogen-bond donors (Lipinski definition) is 1. The van der Waals surface area contributed by atoms with Gasteiger partial charge in [-0.1, -0.05) is 11.6 Å². The number of carbonyl (C=O) groups is 1. The van der Waals surface area contributed by atoms with Gasteiger partial charge in [0.05, 0.1) is 30.9 Å². The van der Waals surface area contributed by atoms with Gasteiger partial charge < -0.3 is 19.5 Å². The molecule has 0 aromatic heterocycles. The smallest absolute Gasteiger partial charge is 0.265 e. The number of nitrogens with one attached hydrogen (secondary N) is 1. The molecule has 1 amide bonds. The molecule has 0 aliphatic carbocycles. The lowest BCUT2D eigenvalue weighted by atomic mass is 10.2. The summed E-state index contributed by atoms with van der Waals surface area (Å²) < 4.78 is 43.3. The zero-order chi connectivity index (χ0) is 21.7. The van der Waals surface area contributed by atoms with Crippen molar-refractivity contribution in [3.63, 3.8) is 0 Å². The monoisotopic (exact) mass is 454 g/mol. The predicted octanol–water partition coefficient (Wildman–Crippen LogP) is 2.78. The zero-order valence-corrected chi connectivity index (χ0v) is 18.2. The Hall–Kier alpha value is -2.33. The number of morpholine rings is 1. The van der Waals surface area contributed by atoms with Crippen LogP contribution in [0.5, 0.6) is 11.5 Å². The van der Waals surface area contributed by atoms with Crippen LogP contribution in [0, 0.1) is 0 Å². The maximum atomic E-state index is 12.9. The second-order valence-corrected chi connectivity index (χ2v) is 8.96. The number of amides is 1. The maximum Gasteiger partial charge on any atom is 0.265 e. The summed E-state index contributed by atoms with van der Waals surface area (Å²) in [5.74, 6) is 0.366. The van der Waals surface area contributed by atoms with E-state index in [0.717, 1.165) is 0 Å². The molecule has 1 fully saturated rings. The molecule has 0 spiro atoms. The van der Waals surface area contributed by atoms with Gasteiger partial charge in [-0.25, -0.2) is 8.42 Å². The number of sulfonamides is 1. The van der Waals surface area contributed by atoms with E-state index >= 15 is 0 Å². The molecular formula is C20H23ClN2O6S. The first-order valence-electron chi connectivity index (χ1n) is 9.30. The number of anilines is 1. The van der Waals surface area contributed by atoms with E-state index in [0.29, 0.717) is 29.7 Å². The second-order valence-electron chi connectivity index (χ2n) is 6.58. The highest BCUT2D eigenvalue weighted by atomic mass is 35.5. The summed E-state index contributed by atoms with van der Waals surface area (Å²) in [5.41, 5.74) is 0.239. The number of hydrogen-bond acceptors (Lipinski definition) is 6. The van der Waals surface area contributed by atoms with Crippen LogP contribution in [0.3, 0.4) is 0 Å². The third kappa shape index (κ3) is 5.23. The van der Waals surface area contributed by atoms with Crippen molar-refractivity contribution in [1.29, 1.82) is 0 Å². The van der Waals surface area contributed by atoms with Crippen molar-refractivity contribution in [2.24, 2.45) is 0 Å². The van der Waals surface area contributed by atoms with E-state index in [1.807, 2.05) is 0 Å². The van der Waals surface area contributed by atoms with Gasteiger partial charge in [0.15, 0.2) is 6.10 Å². The number of benzene rings is 2. The molecule has 10 heteroatoms. The Morgan fingerprint density at radius 1 is 1.17 bits per heavy atom. The Balaban J connectivity index is 1.77. The summed E-state index contributed by atoms with van der Waals surface area (Å²) in [6, 6.07) is 11.0. The van der Waals surface area contributed by atoms with E-state index < -0.39 is 22.0 Å². The van der Waals surface area contributed by atoms with Crippen LogP contribution in [0.15, 0.2) is 47.4 Å². The first-order chi connectivity index (χ1) is 14.3. The van der Waals surface area contributed by atoms with Gasteiger partial charge in [-0.3, -0.25) is 4.79 Å². The summed E-state index contributed by atoms with van der Waals surface area (Å²) in [6.07, 6.45) is -0.838. The summed E-state index contributed by atoms with van der Waals surface area (Å²) >= 11 is 5.85. The minimum absolute atomic E-state index is 0.0618. The quantitative estimate of drug-likeness (QED) is 0.691. The number of methoxy groups -OCH3 is 1. The van der Waals surface area contributed by atoms with Gasteiger partial charge >= 0.3 is 0 Å². The summed E-state index contributed by atoms with van der Waals surface area (Å²) in [7, 11) is -2.28. The average Bonchev–Trinajstić information content (AvgIpc) is 2.75. The molecule has 1 heterocycles. The Bertz CT molecular complexity index is 991. The molecule has 1 N–H and O–H groups in total. The van der Waals surface area contributed by atoms with Gasteiger partial charge in [-0.05, 0) is 49.4 Å². The fourth-order valence-corrected chi connectivity index (χ4v) is 4.45. The van der Waals surface area contributed by atoms with Crippen molar-refractivity contribution in [3.8, 4) is 11.5 Å². The molecule has 2 aromatic rings. The third-order valence-electron chi connectivity index (χ3n) is 4.53. The number of halogens is 1. The average molecular weight is 455 g/mol. The van der Waals surface area contributed by atoms with E-state index in [4.69, 9.17) is 25.8 Å². The first kappa shape index (κ1) is 22.4. The van der Waals surface area contributed by atoms with Gasteiger partial charge in [-0.2, -0.15) is 4.31 Å². The Morgan fingerprint density at radius 2 is 1.83 bits per heavy atom. The van der Waals surface area contributed by atoms with Crippen molar-refractivity contribution in [1.82, 2.24) is 4.31 Å². The Kier molecular flexibility index (Phi) is 7.19. The highest BCUT2D eigenvalue weighted by Crippen LogP contribution is 2.29. The fourth-order valence-electron chi connectivity index (χ4n) is 2.89. The van der Waals surface area contributed by atoms with E-state index in [2.05, 4.69) is 5.32 Å². The van der Waals surface area contributed by atoms with Gasteiger partial charge in [0.25, 0.3) is 5.91 Å². The normalized spacial score (nSPS) is 16.0. The highest BCUT2D eigenvalue weighted by Gasteiger charge is 2.27. The van der Waals surface area contributed by atoms with Crippen LogP contribution >= 0.6 is 11.6 Å². The van der Waals surface area contributed by atoms with Crippen molar-refractivity contribution in [2.75, 3.05) is 38.7 Å². The summed E-state index contributed by atoms with van der Waals surface area (Å²) in [4.78, 5) is 12.7. The number of carbonyl (C=O) groups excluding carboxylic acids is 1. The Labute approximate surface area is 180 Å². The van der Waals surface area contributed by atoms with Crippen LogP contribution in [-0.4, -0.2) is 58.1 Å². The molecular weight excluding hydrogens is 432 g/mol. The summed E-state index contributed by atoms with van der Waals surface area (Å²) in [6.45, 7) is 2.84. The minimum atomic E-state index is -3.72. The van der Waals surface area contributed by atoms with Crippen LogP contribution in [-0.2, 0) is 19.6 Å². The molecule has 2 aromatic carbocycles. The molecule has 1 aliphatic rings. The topological polar surface area (TPSA) is 94.2 Å². The summed E-state index contributed by atoms with van der Waals surface area (Å²) in [5, 5.41) is 3.24. The minimum Gasteiger partial charge on any atom is -0.495 e. The SMILES string of the molecule is COc1ccc(S(=O)(=O)N2CCOCC2)cc1NC(=O)C(C)Oc1ccc(Cl)cc1. The third-order valence-corrected chi connectivity index (χ3v) is 6.68. The Morgan fingerprint density at radius 3 is 2.47 bits per heavy atom. The van der Waals surface area contributed by atoms with Crippen LogP contribution in [0.25, 0.3) is 0 Å². The van der Waals surface area contributed by atoms with E-state index in [-0.39, 0.29) is 23.7 Å². The molecule has 0 saturated carbocycles. The molecule has 8 nitrogen and oxygen atoms in total. The van der Waals surface area contributed by atoms with Crippen LogP contribution in [0.1, 0.15) is 6.92 Å². The van der Waals surface area contributed by atoms with Crippen molar-refractivity contribution >= 4 is 33.2 Å². The maximum absolute atomic E-state index is 12.9. The van der Waals surface area contributed by atoms with Crippen molar-refractivity contribution in [2.45, 2.75) is 17.9 Å². The molecule has 1 aliphatic heterocycles. The molecule has 1 unspecified atom stereocenters. The van der Waals surface area contributed by atoms with E-state index in [1.54, 1.807) is 31.2 Å². The van der Waals surface area contributed by atoms with Gasteiger partial charge in [-0.15, -0.1) is 0 Å². The number of nitrogens with zero attached hydrogens (tertiary/aromatic N) is 1. The lowest BCUT2D eigenvalue weighted by Gasteiger charge is -2.26.